The number of hydrogen-bond donors (Lipinski definition) is 1. The fourth-order valence-corrected chi connectivity index (χ4v) is 1.60. The van der Waals surface area contributed by atoms with Crippen LogP contribution in [0.4, 0.5) is 4.39 Å². The highest BCUT2D eigenvalue weighted by molar-refractivity contribution is 9.10. The van der Waals surface area contributed by atoms with Gasteiger partial charge in [0.15, 0.2) is 0 Å². The molecule has 0 atom stereocenters. The molecule has 15 heavy (non-hydrogen) atoms. The number of benzene rings is 1. The molecular formula is C9H7BrFN3O. The van der Waals surface area contributed by atoms with Crippen molar-refractivity contribution in [2.24, 2.45) is 0 Å². The minimum Gasteiger partial charge on any atom is -0.390 e. The van der Waals surface area contributed by atoms with Crippen molar-refractivity contribution < 1.29 is 9.50 Å². The Balaban J connectivity index is 2.49. The quantitative estimate of drug-likeness (QED) is 0.904. The van der Waals surface area contributed by atoms with Gasteiger partial charge in [0.25, 0.3) is 0 Å². The second-order valence-electron chi connectivity index (χ2n) is 2.89. The molecule has 0 spiro atoms. The van der Waals surface area contributed by atoms with Gasteiger partial charge < -0.3 is 5.11 Å². The smallest absolute Gasteiger partial charge is 0.139 e. The van der Waals surface area contributed by atoms with Gasteiger partial charge in [-0.15, -0.1) is 5.10 Å². The number of aromatic nitrogens is 3. The van der Waals surface area contributed by atoms with Gasteiger partial charge in [-0.2, -0.15) is 0 Å². The molecular weight excluding hydrogens is 265 g/mol. The number of rotatable bonds is 2. The number of nitrogens with zero attached hydrogens (tertiary/aromatic N) is 3. The number of halogens is 2. The molecule has 78 valence electrons. The number of aliphatic hydroxyl groups is 1. The average Bonchev–Trinajstić information content (AvgIpc) is 2.70. The fourth-order valence-electron chi connectivity index (χ4n) is 1.16. The molecule has 0 saturated heterocycles. The summed E-state index contributed by atoms with van der Waals surface area (Å²) in [6.45, 7) is -0.188. The van der Waals surface area contributed by atoms with Crippen molar-refractivity contribution >= 4 is 15.9 Å². The molecule has 0 aliphatic rings. The lowest BCUT2D eigenvalue weighted by molar-refractivity contribution is 0.276. The minimum absolute atomic E-state index is 0.188. The predicted molar refractivity (Wildman–Crippen MR) is 54.9 cm³/mol. The van der Waals surface area contributed by atoms with Gasteiger partial charge in [0.2, 0.25) is 0 Å². The Morgan fingerprint density at radius 3 is 2.93 bits per heavy atom. The maximum Gasteiger partial charge on any atom is 0.139 e. The summed E-state index contributed by atoms with van der Waals surface area (Å²) >= 11 is 3.12. The first-order valence-electron chi connectivity index (χ1n) is 4.19. The van der Waals surface area contributed by atoms with E-state index in [9.17, 15) is 4.39 Å². The van der Waals surface area contributed by atoms with Crippen LogP contribution in [0.25, 0.3) is 5.69 Å². The van der Waals surface area contributed by atoms with Gasteiger partial charge in [-0.25, -0.2) is 9.07 Å². The highest BCUT2D eigenvalue weighted by Gasteiger charge is 2.08. The highest BCUT2D eigenvalue weighted by atomic mass is 79.9. The van der Waals surface area contributed by atoms with E-state index in [1.165, 1.54) is 10.7 Å². The van der Waals surface area contributed by atoms with E-state index in [0.717, 1.165) is 0 Å². The first-order valence-corrected chi connectivity index (χ1v) is 4.98. The van der Waals surface area contributed by atoms with Crippen molar-refractivity contribution in [2.75, 3.05) is 0 Å². The summed E-state index contributed by atoms with van der Waals surface area (Å²) in [6, 6.07) is 4.62. The Hall–Kier alpha value is -1.27. The standard InChI is InChI=1S/C9H7BrFN3O/c10-9-7(11)2-1-3-8(9)14-4-6(5-15)12-13-14/h1-4,15H,5H2. The molecule has 1 N–H and O–H groups in total. The molecule has 6 heteroatoms. The monoisotopic (exact) mass is 271 g/mol. The third-order valence-electron chi connectivity index (χ3n) is 1.88. The van der Waals surface area contributed by atoms with E-state index in [0.29, 0.717) is 15.9 Å². The molecule has 0 saturated carbocycles. The van der Waals surface area contributed by atoms with E-state index in [4.69, 9.17) is 5.11 Å². The molecule has 0 radical (unpaired) electrons. The van der Waals surface area contributed by atoms with Gasteiger partial charge in [-0.05, 0) is 28.1 Å². The molecule has 2 aromatic rings. The summed E-state index contributed by atoms with van der Waals surface area (Å²) in [5.74, 6) is -0.367. The molecule has 2 rings (SSSR count). The van der Waals surface area contributed by atoms with Crippen molar-refractivity contribution in [2.45, 2.75) is 6.61 Å². The Kier molecular flexibility index (Phi) is 2.79. The van der Waals surface area contributed by atoms with Crippen LogP contribution in [-0.4, -0.2) is 20.1 Å². The molecule has 0 amide bonds. The summed E-state index contributed by atoms with van der Waals surface area (Å²) in [4.78, 5) is 0. The van der Waals surface area contributed by atoms with Gasteiger partial charge in [-0.3, -0.25) is 0 Å². The molecule has 0 unspecified atom stereocenters. The lowest BCUT2D eigenvalue weighted by atomic mass is 10.3. The van der Waals surface area contributed by atoms with Crippen LogP contribution in [0.1, 0.15) is 5.69 Å². The maximum absolute atomic E-state index is 13.2. The van der Waals surface area contributed by atoms with Crippen LogP contribution in [0, 0.1) is 5.82 Å². The van der Waals surface area contributed by atoms with Crippen LogP contribution in [0.2, 0.25) is 0 Å². The van der Waals surface area contributed by atoms with Gasteiger partial charge >= 0.3 is 0 Å². The van der Waals surface area contributed by atoms with Crippen LogP contribution in [0.5, 0.6) is 0 Å². The van der Waals surface area contributed by atoms with Crippen LogP contribution >= 0.6 is 15.9 Å². The van der Waals surface area contributed by atoms with E-state index in [2.05, 4.69) is 26.2 Å². The summed E-state index contributed by atoms with van der Waals surface area (Å²) in [6.07, 6.45) is 1.54. The number of hydrogen-bond acceptors (Lipinski definition) is 3. The van der Waals surface area contributed by atoms with Crippen LogP contribution < -0.4 is 0 Å². The first kappa shape index (κ1) is 10.3. The highest BCUT2D eigenvalue weighted by Crippen LogP contribution is 2.23. The van der Waals surface area contributed by atoms with Gasteiger partial charge in [0.1, 0.15) is 11.5 Å². The third kappa shape index (κ3) is 1.91. The molecule has 1 heterocycles. The Bertz CT molecular complexity index is 486. The van der Waals surface area contributed by atoms with Gasteiger partial charge in [-0.1, -0.05) is 11.3 Å². The molecule has 0 aliphatic carbocycles. The normalized spacial score (nSPS) is 10.6. The van der Waals surface area contributed by atoms with Crippen molar-refractivity contribution in [3.8, 4) is 5.69 Å². The lowest BCUT2D eigenvalue weighted by Gasteiger charge is -2.03. The van der Waals surface area contributed by atoms with Crippen molar-refractivity contribution in [3.05, 3.63) is 40.4 Å². The van der Waals surface area contributed by atoms with Crippen LogP contribution in [0.15, 0.2) is 28.9 Å². The molecule has 0 fully saturated rings. The van der Waals surface area contributed by atoms with Crippen LogP contribution in [0.3, 0.4) is 0 Å². The average molecular weight is 272 g/mol. The summed E-state index contributed by atoms with van der Waals surface area (Å²) in [5, 5.41) is 16.3. The number of aliphatic hydroxyl groups excluding tert-OH is 1. The van der Waals surface area contributed by atoms with E-state index in [1.54, 1.807) is 18.3 Å². The first-order chi connectivity index (χ1) is 7.22. The fraction of sp³-hybridized carbons (Fsp3) is 0.111. The van der Waals surface area contributed by atoms with Gasteiger partial charge in [0, 0.05) is 0 Å². The van der Waals surface area contributed by atoms with E-state index < -0.39 is 0 Å². The second kappa shape index (κ2) is 4.08. The summed E-state index contributed by atoms with van der Waals surface area (Å²) in [7, 11) is 0. The van der Waals surface area contributed by atoms with Crippen molar-refractivity contribution in [1.82, 2.24) is 15.0 Å². The zero-order chi connectivity index (χ0) is 10.8. The van der Waals surface area contributed by atoms with E-state index >= 15 is 0 Å². The predicted octanol–water partition coefficient (Wildman–Crippen LogP) is 1.66. The Labute approximate surface area is 93.5 Å². The summed E-state index contributed by atoms with van der Waals surface area (Å²) in [5.41, 5.74) is 0.980. The Morgan fingerprint density at radius 1 is 1.47 bits per heavy atom. The second-order valence-corrected chi connectivity index (χ2v) is 3.68. The van der Waals surface area contributed by atoms with Crippen LogP contribution in [-0.2, 0) is 6.61 Å². The van der Waals surface area contributed by atoms with E-state index in [1.807, 2.05) is 0 Å². The topological polar surface area (TPSA) is 50.9 Å². The Morgan fingerprint density at radius 2 is 2.27 bits per heavy atom. The SMILES string of the molecule is OCc1cn(-c2cccc(F)c2Br)nn1. The van der Waals surface area contributed by atoms with E-state index in [-0.39, 0.29) is 12.4 Å². The molecule has 0 aliphatic heterocycles. The van der Waals surface area contributed by atoms with Crippen molar-refractivity contribution in [1.29, 1.82) is 0 Å². The maximum atomic E-state index is 13.2. The van der Waals surface area contributed by atoms with Crippen molar-refractivity contribution in [3.63, 3.8) is 0 Å². The zero-order valence-corrected chi connectivity index (χ0v) is 9.15. The minimum atomic E-state index is -0.367. The molecule has 1 aromatic carbocycles. The zero-order valence-electron chi connectivity index (χ0n) is 7.56. The molecule has 0 bridgehead atoms. The molecule has 1 aromatic heterocycles. The van der Waals surface area contributed by atoms with Gasteiger partial charge in [0.05, 0.1) is 23.0 Å². The summed E-state index contributed by atoms with van der Waals surface area (Å²) < 4.78 is 14.9. The lowest BCUT2D eigenvalue weighted by Crippen LogP contribution is -1.97. The largest absolute Gasteiger partial charge is 0.390 e. The third-order valence-corrected chi connectivity index (χ3v) is 2.67. The molecule has 4 nitrogen and oxygen atoms in total.